The number of carbonyl (C=O) groups excluding carboxylic acids is 3. The summed E-state index contributed by atoms with van der Waals surface area (Å²) in [6, 6.07) is 22.4. The summed E-state index contributed by atoms with van der Waals surface area (Å²) in [7, 11) is 1.57. The largest absolute Gasteiger partial charge is 0.496 e. The van der Waals surface area contributed by atoms with Crippen LogP contribution in [0.3, 0.4) is 0 Å². The lowest BCUT2D eigenvalue weighted by Crippen LogP contribution is -2.50. The maximum Gasteiger partial charge on any atom is 0.262 e. The highest BCUT2D eigenvalue weighted by molar-refractivity contribution is 6.22. The third-order valence-electron chi connectivity index (χ3n) is 5.36. The number of hydrogen-bond donors (Lipinski definition) is 1. The smallest absolute Gasteiger partial charge is 0.262 e. The molecule has 3 aromatic rings. The van der Waals surface area contributed by atoms with Gasteiger partial charge in [0.05, 0.1) is 18.2 Å². The summed E-state index contributed by atoms with van der Waals surface area (Å²) >= 11 is 0. The average molecular weight is 414 g/mol. The van der Waals surface area contributed by atoms with Gasteiger partial charge in [-0.25, -0.2) is 0 Å². The first-order valence-electron chi connectivity index (χ1n) is 10.0. The lowest BCUT2D eigenvalue weighted by atomic mass is 10.0. The van der Waals surface area contributed by atoms with Gasteiger partial charge in [-0.2, -0.15) is 0 Å². The van der Waals surface area contributed by atoms with E-state index in [0.29, 0.717) is 16.9 Å². The number of para-hydroxylation sites is 1. The van der Waals surface area contributed by atoms with Crippen molar-refractivity contribution < 1.29 is 19.1 Å². The Kier molecular flexibility index (Phi) is 5.80. The van der Waals surface area contributed by atoms with Gasteiger partial charge in [0, 0.05) is 18.5 Å². The number of carbonyl (C=O) groups is 3. The maximum absolute atomic E-state index is 13.3. The van der Waals surface area contributed by atoms with E-state index in [1.807, 2.05) is 54.6 Å². The van der Waals surface area contributed by atoms with Gasteiger partial charge in [0.15, 0.2) is 0 Å². The van der Waals surface area contributed by atoms with Crippen molar-refractivity contribution >= 4 is 17.7 Å². The number of fused-ring (bicyclic) bond motifs is 1. The number of hydrogen-bond acceptors (Lipinski definition) is 4. The lowest BCUT2D eigenvalue weighted by molar-refractivity contribution is -0.125. The molecule has 1 heterocycles. The fraction of sp³-hybridized carbons (Fsp3) is 0.160. The third kappa shape index (κ3) is 4.05. The van der Waals surface area contributed by atoms with Crippen molar-refractivity contribution in [2.24, 2.45) is 0 Å². The van der Waals surface area contributed by atoms with Crippen LogP contribution in [0.4, 0.5) is 0 Å². The fourth-order valence-electron chi connectivity index (χ4n) is 3.78. The van der Waals surface area contributed by atoms with Crippen LogP contribution in [0.5, 0.6) is 5.75 Å². The molecule has 1 atom stereocenters. The number of imide groups is 1. The molecule has 0 fully saturated rings. The van der Waals surface area contributed by atoms with Crippen LogP contribution < -0.4 is 10.1 Å². The van der Waals surface area contributed by atoms with Crippen molar-refractivity contribution in [3.63, 3.8) is 0 Å². The van der Waals surface area contributed by atoms with Crippen LogP contribution in [-0.4, -0.2) is 35.8 Å². The zero-order valence-corrected chi connectivity index (χ0v) is 17.1. The Labute approximate surface area is 180 Å². The molecule has 0 radical (unpaired) electrons. The predicted molar refractivity (Wildman–Crippen MR) is 116 cm³/mol. The van der Waals surface area contributed by atoms with Gasteiger partial charge in [-0.3, -0.25) is 19.3 Å². The van der Waals surface area contributed by atoms with Crippen molar-refractivity contribution in [2.75, 3.05) is 7.11 Å². The first-order chi connectivity index (χ1) is 15.1. The number of benzene rings is 3. The van der Waals surface area contributed by atoms with Crippen LogP contribution >= 0.6 is 0 Å². The van der Waals surface area contributed by atoms with E-state index in [0.717, 1.165) is 16.0 Å². The minimum Gasteiger partial charge on any atom is -0.496 e. The van der Waals surface area contributed by atoms with Gasteiger partial charge in [-0.05, 0) is 23.8 Å². The first-order valence-corrected chi connectivity index (χ1v) is 10.0. The maximum atomic E-state index is 13.3. The quantitative estimate of drug-likeness (QED) is 0.603. The number of nitrogens with zero attached hydrogens (tertiary/aromatic N) is 1. The molecule has 6 heteroatoms. The Hall–Kier alpha value is -3.93. The van der Waals surface area contributed by atoms with Crippen molar-refractivity contribution in [1.82, 2.24) is 10.2 Å². The highest BCUT2D eigenvalue weighted by Gasteiger charge is 2.42. The Balaban J connectivity index is 1.61. The van der Waals surface area contributed by atoms with Crippen LogP contribution in [0, 0.1) is 0 Å². The van der Waals surface area contributed by atoms with Crippen LogP contribution in [0.1, 0.15) is 31.8 Å². The van der Waals surface area contributed by atoms with Gasteiger partial charge < -0.3 is 10.1 Å². The molecule has 0 aliphatic carbocycles. The molecule has 1 aliphatic rings. The zero-order valence-electron chi connectivity index (χ0n) is 17.1. The normalized spacial score (nSPS) is 13.6. The lowest BCUT2D eigenvalue weighted by Gasteiger charge is -2.25. The molecule has 3 amide bonds. The molecule has 0 bridgehead atoms. The molecular formula is C25H22N2O4. The molecule has 1 aliphatic heterocycles. The molecule has 1 N–H and O–H groups in total. The van der Waals surface area contributed by atoms with Crippen LogP contribution in [0.25, 0.3) is 0 Å². The van der Waals surface area contributed by atoms with Gasteiger partial charge in [-0.1, -0.05) is 60.7 Å². The van der Waals surface area contributed by atoms with E-state index in [1.165, 1.54) is 0 Å². The van der Waals surface area contributed by atoms with Gasteiger partial charge >= 0.3 is 0 Å². The van der Waals surface area contributed by atoms with Crippen molar-refractivity contribution in [3.8, 4) is 5.75 Å². The molecule has 4 rings (SSSR count). The second-order valence-corrected chi connectivity index (χ2v) is 7.26. The van der Waals surface area contributed by atoms with Gasteiger partial charge in [0.1, 0.15) is 11.8 Å². The van der Waals surface area contributed by atoms with Crippen molar-refractivity contribution in [2.45, 2.75) is 19.0 Å². The molecule has 156 valence electrons. The summed E-state index contributed by atoms with van der Waals surface area (Å²) in [6.45, 7) is 0.220. The topological polar surface area (TPSA) is 75.7 Å². The Morgan fingerprint density at radius 1 is 0.871 bits per heavy atom. The highest BCUT2D eigenvalue weighted by atomic mass is 16.5. The molecular weight excluding hydrogens is 392 g/mol. The Bertz CT molecular complexity index is 1090. The fourth-order valence-corrected chi connectivity index (χ4v) is 3.78. The molecule has 0 saturated carbocycles. The first kappa shape index (κ1) is 20.3. The Morgan fingerprint density at radius 2 is 1.45 bits per heavy atom. The van der Waals surface area contributed by atoms with Crippen LogP contribution in [-0.2, 0) is 17.8 Å². The van der Waals surface area contributed by atoms with Crippen LogP contribution in [0.15, 0.2) is 78.9 Å². The van der Waals surface area contributed by atoms with E-state index in [4.69, 9.17) is 4.74 Å². The average Bonchev–Trinajstić information content (AvgIpc) is 3.07. The molecule has 0 unspecified atom stereocenters. The Morgan fingerprint density at radius 3 is 2.10 bits per heavy atom. The molecule has 31 heavy (non-hydrogen) atoms. The molecule has 0 saturated heterocycles. The second kappa shape index (κ2) is 8.83. The SMILES string of the molecule is COc1ccccc1CNC(=O)[C@H](Cc1ccccc1)N1C(=O)c2ccccc2C1=O. The number of amides is 3. The minimum absolute atomic E-state index is 0.220. The molecule has 0 spiro atoms. The summed E-state index contributed by atoms with van der Waals surface area (Å²) in [5.74, 6) is -0.643. The van der Waals surface area contributed by atoms with E-state index in [-0.39, 0.29) is 13.0 Å². The molecule has 6 nitrogen and oxygen atoms in total. The van der Waals surface area contributed by atoms with Crippen LogP contribution in [0.2, 0.25) is 0 Å². The van der Waals surface area contributed by atoms with Gasteiger partial charge in [0.2, 0.25) is 5.91 Å². The summed E-state index contributed by atoms with van der Waals surface area (Å²) in [4.78, 5) is 40.4. The summed E-state index contributed by atoms with van der Waals surface area (Å²) in [6.07, 6.45) is 0.226. The number of nitrogens with one attached hydrogen (secondary N) is 1. The van der Waals surface area contributed by atoms with Gasteiger partial charge in [-0.15, -0.1) is 0 Å². The number of ether oxygens (including phenoxy) is 1. The highest BCUT2D eigenvalue weighted by Crippen LogP contribution is 2.26. The van der Waals surface area contributed by atoms with E-state index < -0.39 is 23.8 Å². The standard InChI is InChI=1S/C25H22N2O4/c1-31-22-14-8-5-11-18(22)16-26-23(28)21(15-17-9-3-2-4-10-17)27-24(29)19-12-6-7-13-20(19)25(27)30/h2-14,21H,15-16H2,1H3,(H,26,28)/t21-/m0/s1. The number of rotatable bonds is 7. The monoisotopic (exact) mass is 414 g/mol. The second-order valence-electron chi connectivity index (χ2n) is 7.26. The predicted octanol–water partition coefficient (Wildman–Crippen LogP) is 3.22. The summed E-state index contributed by atoms with van der Waals surface area (Å²) in [5.41, 5.74) is 2.31. The minimum atomic E-state index is -0.968. The molecule has 3 aromatic carbocycles. The van der Waals surface area contributed by atoms with E-state index >= 15 is 0 Å². The van der Waals surface area contributed by atoms with Crippen molar-refractivity contribution in [1.29, 1.82) is 0 Å². The van der Waals surface area contributed by atoms with Crippen molar-refractivity contribution in [3.05, 3.63) is 101 Å². The van der Waals surface area contributed by atoms with Gasteiger partial charge in [0.25, 0.3) is 11.8 Å². The number of methoxy groups -OCH3 is 1. The summed E-state index contributed by atoms with van der Waals surface area (Å²) < 4.78 is 5.34. The van der Waals surface area contributed by atoms with E-state index in [2.05, 4.69) is 5.32 Å². The summed E-state index contributed by atoms with van der Waals surface area (Å²) in [5, 5.41) is 2.87. The van der Waals surface area contributed by atoms with E-state index in [1.54, 1.807) is 31.4 Å². The van der Waals surface area contributed by atoms with E-state index in [9.17, 15) is 14.4 Å². The molecule has 0 aromatic heterocycles. The third-order valence-corrected chi connectivity index (χ3v) is 5.36. The zero-order chi connectivity index (χ0) is 21.8.